The van der Waals surface area contributed by atoms with Crippen LogP contribution in [0.2, 0.25) is 0 Å². The van der Waals surface area contributed by atoms with Crippen molar-refractivity contribution < 1.29 is 21.6 Å². The molecule has 0 unspecified atom stereocenters. The standard InChI is InChI=1S/C36H38N2O5S2/c1-26(2)23-34(38-45(42,43)35-18-10-16-29-14-8-9-17-33(29)35)36(39)37-31(21-19-27-11-4-3-5-12-27)25-44(40,41)32-22-20-28-13-6-7-15-30(28)24-32/h3-18,20,22,24,26,31,34,38H,19,21,23,25H2,1-2H3,(H,37,39)/t31-,34-/m0/s1. The highest BCUT2D eigenvalue weighted by Gasteiger charge is 2.30. The average molecular weight is 643 g/mol. The van der Waals surface area contributed by atoms with E-state index in [1.54, 1.807) is 36.4 Å². The summed E-state index contributed by atoms with van der Waals surface area (Å²) in [6, 6.07) is 32.5. The molecule has 2 atom stereocenters. The van der Waals surface area contributed by atoms with E-state index in [0.717, 1.165) is 21.7 Å². The first-order valence-electron chi connectivity index (χ1n) is 15.1. The van der Waals surface area contributed by atoms with Crippen LogP contribution in [0, 0.1) is 5.92 Å². The summed E-state index contributed by atoms with van der Waals surface area (Å²) >= 11 is 0. The van der Waals surface area contributed by atoms with Crippen LogP contribution >= 0.6 is 0 Å². The Labute approximate surface area is 265 Å². The number of fused-ring (bicyclic) bond motifs is 2. The Balaban J connectivity index is 1.41. The predicted molar refractivity (Wildman–Crippen MR) is 180 cm³/mol. The van der Waals surface area contributed by atoms with Crippen molar-refractivity contribution in [3.63, 3.8) is 0 Å². The zero-order valence-corrected chi connectivity index (χ0v) is 27.0. The quantitative estimate of drug-likeness (QED) is 0.157. The van der Waals surface area contributed by atoms with Crippen LogP contribution in [-0.4, -0.2) is 40.6 Å². The van der Waals surface area contributed by atoms with Crippen LogP contribution in [-0.2, 0) is 31.1 Å². The van der Waals surface area contributed by atoms with Gasteiger partial charge in [-0.05, 0) is 65.1 Å². The van der Waals surface area contributed by atoms with Crippen LogP contribution in [0.3, 0.4) is 0 Å². The number of hydrogen-bond acceptors (Lipinski definition) is 5. The number of nitrogens with one attached hydrogen (secondary N) is 2. The molecule has 7 nitrogen and oxygen atoms in total. The van der Waals surface area contributed by atoms with Crippen molar-refractivity contribution in [2.75, 3.05) is 5.75 Å². The topological polar surface area (TPSA) is 109 Å². The number of hydrogen-bond donors (Lipinski definition) is 2. The molecule has 0 bridgehead atoms. The van der Waals surface area contributed by atoms with Crippen molar-refractivity contribution >= 4 is 47.3 Å². The van der Waals surface area contributed by atoms with Gasteiger partial charge < -0.3 is 5.32 Å². The molecule has 1 amide bonds. The first-order chi connectivity index (χ1) is 21.5. The smallest absolute Gasteiger partial charge is 0.241 e. The number of amides is 1. The normalized spacial score (nSPS) is 13.6. The van der Waals surface area contributed by atoms with E-state index >= 15 is 0 Å². The Morgan fingerprint density at radius 1 is 0.711 bits per heavy atom. The molecule has 45 heavy (non-hydrogen) atoms. The summed E-state index contributed by atoms with van der Waals surface area (Å²) in [5.41, 5.74) is 1.01. The molecule has 0 aliphatic rings. The SMILES string of the molecule is CC(C)C[C@H](NS(=O)(=O)c1cccc2ccccc12)C(=O)N[C@@H](CCc1ccccc1)CS(=O)(=O)c1ccc2ccccc2c1. The molecular formula is C36H38N2O5S2. The molecule has 2 N–H and O–H groups in total. The largest absolute Gasteiger partial charge is 0.351 e. The molecule has 0 heterocycles. The number of sulfonamides is 1. The molecule has 0 saturated carbocycles. The lowest BCUT2D eigenvalue weighted by atomic mass is 10.0. The van der Waals surface area contributed by atoms with Gasteiger partial charge in [0.2, 0.25) is 15.9 Å². The first kappa shape index (κ1) is 32.3. The molecule has 0 aromatic heterocycles. The maximum atomic E-state index is 13.8. The van der Waals surface area contributed by atoms with E-state index in [2.05, 4.69) is 10.0 Å². The van der Waals surface area contributed by atoms with E-state index in [1.807, 2.05) is 86.6 Å². The van der Waals surface area contributed by atoms with E-state index in [4.69, 9.17) is 0 Å². The summed E-state index contributed by atoms with van der Waals surface area (Å²) in [5.74, 6) is -0.895. The zero-order valence-electron chi connectivity index (χ0n) is 25.4. The molecule has 234 valence electrons. The van der Waals surface area contributed by atoms with Crippen molar-refractivity contribution in [2.45, 2.75) is 55.0 Å². The molecule has 0 fully saturated rings. The third kappa shape index (κ3) is 8.16. The second-order valence-electron chi connectivity index (χ2n) is 11.8. The Bertz CT molecular complexity index is 2000. The van der Waals surface area contributed by atoms with Crippen LogP contribution in [0.15, 0.2) is 125 Å². The second kappa shape index (κ2) is 13.9. The lowest BCUT2D eigenvalue weighted by Gasteiger charge is -2.25. The third-order valence-corrected chi connectivity index (χ3v) is 11.2. The number of benzene rings is 5. The van der Waals surface area contributed by atoms with Gasteiger partial charge in [-0.1, -0.05) is 111 Å². The van der Waals surface area contributed by atoms with Gasteiger partial charge in [0.15, 0.2) is 9.84 Å². The highest BCUT2D eigenvalue weighted by Crippen LogP contribution is 2.24. The van der Waals surface area contributed by atoms with Gasteiger partial charge >= 0.3 is 0 Å². The van der Waals surface area contributed by atoms with Crippen molar-refractivity contribution in [1.29, 1.82) is 0 Å². The van der Waals surface area contributed by atoms with Crippen molar-refractivity contribution in [3.05, 3.63) is 121 Å². The Kier molecular flexibility index (Phi) is 10.0. The molecular weight excluding hydrogens is 605 g/mol. The van der Waals surface area contributed by atoms with E-state index in [0.29, 0.717) is 18.2 Å². The monoisotopic (exact) mass is 642 g/mol. The lowest BCUT2D eigenvalue weighted by molar-refractivity contribution is -0.123. The summed E-state index contributed by atoms with van der Waals surface area (Å²) in [6.07, 6.45) is 1.13. The molecule has 9 heteroatoms. The van der Waals surface area contributed by atoms with Gasteiger partial charge in [-0.3, -0.25) is 4.79 Å². The number of carbonyl (C=O) groups excluding carboxylic acids is 1. The number of carbonyl (C=O) groups is 1. The van der Waals surface area contributed by atoms with Crippen LogP contribution in [0.4, 0.5) is 0 Å². The van der Waals surface area contributed by atoms with Crippen LogP contribution in [0.1, 0.15) is 32.3 Å². The summed E-state index contributed by atoms with van der Waals surface area (Å²) in [5, 5.41) is 5.98. The number of aryl methyl sites for hydroxylation is 1. The zero-order chi connectivity index (χ0) is 32.0. The molecule has 0 saturated heterocycles. The fourth-order valence-corrected chi connectivity index (χ4v) is 8.56. The predicted octanol–water partition coefficient (Wildman–Crippen LogP) is 6.28. The van der Waals surface area contributed by atoms with Gasteiger partial charge in [0.1, 0.15) is 6.04 Å². The van der Waals surface area contributed by atoms with Crippen molar-refractivity contribution in [3.8, 4) is 0 Å². The minimum atomic E-state index is -4.10. The van der Waals surface area contributed by atoms with E-state index in [-0.39, 0.29) is 27.9 Å². The number of rotatable bonds is 13. The summed E-state index contributed by atoms with van der Waals surface area (Å²) in [4.78, 5) is 14.1. The van der Waals surface area contributed by atoms with E-state index in [1.165, 1.54) is 6.07 Å². The lowest BCUT2D eigenvalue weighted by Crippen LogP contribution is -2.51. The van der Waals surface area contributed by atoms with Gasteiger partial charge in [-0.2, -0.15) is 4.72 Å². The van der Waals surface area contributed by atoms with Crippen LogP contribution < -0.4 is 10.0 Å². The third-order valence-electron chi connectivity index (χ3n) is 7.83. The number of sulfone groups is 1. The van der Waals surface area contributed by atoms with Gasteiger partial charge in [-0.15, -0.1) is 0 Å². The molecule has 0 radical (unpaired) electrons. The van der Waals surface area contributed by atoms with Crippen molar-refractivity contribution in [1.82, 2.24) is 10.0 Å². The van der Waals surface area contributed by atoms with Gasteiger partial charge in [0.25, 0.3) is 0 Å². The Hall–Kier alpha value is -4.05. The van der Waals surface area contributed by atoms with Crippen molar-refractivity contribution in [2.24, 2.45) is 5.92 Å². The highest BCUT2D eigenvalue weighted by atomic mass is 32.2. The van der Waals surface area contributed by atoms with Crippen LogP contribution in [0.25, 0.3) is 21.5 Å². The molecule has 5 aromatic carbocycles. The molecule has 0 aliphatic heterocycles. The molecule has 0 aliphatic carbocycles. The van der Waals surface area contributed by atoms with Gasteiger partial charge in [0, 0.05) is 11.4 Å². The van der Waals surface area contributed by atoms with Crippen LogP contribution in [0.5, 0.6) is 0 Å². The Morgan fingerprint density at radius 3 is 2.09 bits per heavy atom. The van der Waals surface area contributed by atoms with Gasteiger partial charge in [0.05, 0.1) is 15.5 Å². The van der Waals surface area contributed by atoms with Gasteiger partial charge in [-0.25, -0.2) is 16.8 Å². The van der Waals surface area contributed by atoms with E-state index < -0.39 is 37.9 Å². The minimum absolute atomic E-state index is 0.0138. The summed E-state index contributed by atoms with van der Waals surface area (Å²) in [7, 11) is -7.90. The highest BCUT2D eigenvalue weighted by molar-refractivity contribution is 7.91. The molecule has 5 rings (SSSR count). The Morgan fingerprint density at radius 2 is 1.36 bits per heavy atom. The fraction of sp³-hybridized carbons (Fsp3) is 0.250. The molecule has 5 aromatic rings. The summed E-state index contributed by atoms with van der Waals surface area (Å²) < 4.78 is 57.4. The maximum absolute atomic E-state index is 13.8. The minimum Gasteiger partial charge on any atom is -0.351 e. The fourth-order valence-electron chi connectivity index (χ4n) is 5.57. The molecule has 0 spiro atoms. The average Bonchev–Trinajstić information content (AvgIpc) is 3.02. The second-order valence-corrected chi connectivity index (χ2v) is 15.5. The first-order valence-corrected chi connectivity index (χ1v) is 18.2. The maximum Gasteiger partial charge on any atom is 0.241 e. The summed E-state index contributed by atoms with van der Waals surface area (Å²) in [6.45, 7) is 3.81. The van der Waals surface area contributed by atoms with E-state index in [9.17, 15) is 21.6 Å².